The topological polar surface area (TPSA) is 121 Å². The van der Waals surface area contributed by atoms with Crippen molar-refractivity contribution < 1.29 is 19.5 Å². The largest absolute Gasteiger partial charge is 0.481 e. The summed E-state index contributed by atoms with van der Waals surface area (Å²) in [4.78, 5) is 39.2. The fraction of sp³-hybridized carbons (Fsp3) is 0.312. The number of amides is 2. The first-order valence-electron chi connectivity index (χ1n) is 7.97. The van der Waals surface area contributed by atoms with Crippen molar-refractivity contribution in [2.45, 2.75) is 29.8 Å². The smallest absolute Gasteiger partial charge is 0.303 e. The Morgan fingerprint density at radius 2 is 1.96 bits per heavy atom. The molecule has 0 unspecified atom stereocenters. The summed E-state index contributed by atoms with van der Waals surface area (Å²) in [6, 6.07) is 7.02. The van der Waals surface area contributed by atoms with Crippen LogP contribution in [0, 0.1) is 0 Å². The molecular formula is C16H18N4O4S3. The Bertz CT molecular complexity index is 812. The highest BCUT2D eigenvalue weighted by molar-refractivity contribution is 8.00. The van der Waals surface area contributed by atoms with E-state index in [1.807, 2.05) is 13.0 Å². The molecule has 0 bridgehead atoms. The van der Waals surface area contributed by atoms with Crippen molar-refractivity contribution in [2.75, 3.05) is 22.1 Å². The molecule has 2 rings (SSSR count). The van der Waals surface area contributed by atoms with Crippen LogP contribution in [0.4, 0.5) is 10.8 Å². The summed E-state index contributed by atoms with van der Waals surface area (Å²) in [5.74, 6) is -0.527. The molecule has 2 amide bonds. The lowest BCUT2D eigenvalue weighted by Crippen LogP contribution is -2.14. The van der Waals surface area contributed by atoms with Gasteiger partial charge < -0.3 is 10.4 Å². The van der Waals surface area contributed by atoms with Crippen molar-refractivity contribution in [3.8, 4) is 0 Å². The number of nitrogens with zero attached hydrogens (tertiary/aromatic N) is 2. The average Bonchev–Trinajstić information content (AvgIpc) is 3.06. The number of aliphatic carboxylic acids is 1. The summed E-state index contributed by atoms with van der Waals surface area (Å²) in [5, 5.41) is 15.1. The lowest BCUT2D eigenvalue weighted by Gasteiger charge is -2.07. The molecule has 0 radical (unpaired) electrons. The van der Waals surface area contributed by atoms with Gasteiger partial charge in [0.1, 0.15) is 0 Å². The molecule has 0 fully saturated rings. The third kappa shape index (κ3) is 7.97. The second kappa shape index (κ2) is 10.9. The number of carboxylic acid groups (broad SMARTS) is 1. The van der Waals surface area contributed by atoms with Crippen LogP contribution in [0.25, 0.3) is 0 Å². The summed E-state index contributed by atoms with van der Waals surface area (Å²) in [7, 11) is 0. The van der Waals surface area contributed by atoms with Crippen molar-refractivity contribution in [1.82, 2.24) is 9.36 Å². The van der Waals surface area contributed by atoms with Crippen LogP contribution < -0.4 is 10.6 Å². The van der Waals surface area contributed by atoms with E-state index in [0.29, 0.717) is 16.0 Å². The van der Waals surface area contributed by atoms with E-state index in [0.717, 1.165) is 22.2 Å². The van der Waals surface area contributed by atoms with Gasteiger partial charge in [-0.1, -0.05) is 24.8 Å². The molecule has 0 atom stereocenters. The predicted molar refractivity (Wildman–Crippen MR) is 108 cm³/mol. The minimum absolute atomic E-state index is 0.0880. The van der Waals surface area contributed by atoms with Gasteiger partial charge >= 0.3 is 5.97 Å². The molecule has 1 heterocycles. The summed E-state index contributed by atoms with van der Waals surface area (Å²) in [6.07, 6.45) is -0.306. The van der Waals surface area contributed by atoms with E-state index in [1.54, 1.807) is 18.2 Å². The standard InChI is InChI=1S/C16H18N4O4S3/c1-2-25-16-19-15(27-20-16)18-13(22)9-26-11-5-3-4-10(8-11)17-12(21)6-7-14(23)24/h3-5,8H,2,6-7,9H2,1H3,(H,17,21)(H,23,24)(H,18,19,20,22). The average molecular weight is 427 g/mol. The quantitative estimate of drug-likeness (QED) is 0.495. The molecule has 0 saturated heterocycles. The molecule has 1 aromatic heterocycles. The summed E-state index contributed by atoms with van der Waals surface area (Å²) in [5.41, 5.74) is 0.557. The fourth-order valence-electron chi connectivity index (χ4n) is 1.86. The Hall–Kier alpha value is -2.11. The number of aromatic nitrogens is 2. The van der Waals surface area contributed by atoms with Gasteiger partial charge in [0.25, 0.3) is 0 Å². The number of benzene rings is 1. The van der Waals surface area contributed by atoms with Crippen LogP contribution in [0.3, 0.4) is 0 Å². The molecule has 2 aromatic rings. The Morgan fingerprint density at radius 3 is 2.70 bits per heavy atom. The SMILES string of the molecule is CCSc1nsc(NC(=O)CSc2cccc(NC(=O)CCC(=O)O)c2)n1. The molecule has 0 saturated carbocycles. The van der Waals surface area contributed by atoms with Crippen LogP contribution in [0.15, 0.2) is 34.3 Å². The van der Waals surface area contributed by atoms with Gasteiger partial charge in [0.15, 0.2) is 0 Å². The number of rotatable bonds is 10. The maximum atomic E-state index is 12.0. The zero-order chi connectivity index (χ0) is 19.6. The van der Waals surface area contributed by atoms with Crippen molar-refractivity contribution in [3.05, 3.63) is 24.3 Å². The summed E-state index contributed by atoms with van der Waals surface area (Å²) < 4.78 is 4.14. The number of anilines is 2. The third-order valence-corrected chi connectivity index (χ3v) is 5.45. The fourth-order valence-corrected chi connectivity index (χ4v) is 3.90. The molecule has 3 N–H and O–H groups in total. The van der Waals surface area contributed by atoms with Crippen molar-refractivity contribution >= 4 is 63.7 Å². The number of hydrogen-bond donors (Lipinski definition) is 3. The summed E-state index contributed by atoms with van der Waals surface area (Å²) >= 11 is 3.97. The summed E-state index contributed by atoms with van der Waals surface area (Å²) in [6.45, 7) is 2.00. The third-order valence-electron chi connectivity index (χ3n) is 2.98. The predicted octanol–water partition coefficient (Wildman–Crippen LogP) is 3.18. The van der Waals surface area contributed by atoms with Gasteiger partial charge in [-0.2, -0.15) is 9.36 Å². The molecule has 144 valence electrons. The molecular weight excluding hydrogens is 408 g/mol. The van der Waals surface area contributed by atoms with Crippen LogP contribution in [-0.4, -0.2) is 43.8 Å². The van der Waals surface area contributed by atoms with Gasteiger partial charge in [-0.25, -0.2) is 0 Å². The molecule has 8 nitrogen and oxygen atoms in total. The zero-order valence-electron chi connectivity index (χ0n) is 14.4. The van der Waals surface area contributed by atoms with Crippen LogP contribution in [0.1, 0.15) is 19.8 Å². The van der Waals surface area contributed by atoms with Gasteiger partial charge in [0, 0.05) is 28.5 Å². The van der Waals surface area contributed by atoms with Crippen molar-refractivity contribution in [3.63, 3.8) is 0 Å². The normalized spacial score (nSPS) is 10.4. The van der Waals surface area contributed by atoms with Crippen LogP contribution >= 0.6 is 35.1 Å². The number of nitrogens with one attached hydrogen (secondary N) is 2. The molecule has 0 aliphatic heterocycles. The maximum Gasteiger partial charge on any atom is 0.303 e. The highest BCUT2D eigenvalue weighted by atomic mass is 32.2. The highest BCUT2D eigenvalue weighted by Crippen LogP contribution is 2.23. The Labute approximate surface area is 168 Å². The molecule has 0 aliphatic rings. The van der Waals surface area contributed by atoms with E-state index < -0.39 is 5.97 Å². The molecule has 27 heavy (non-hydrogen) atoms. The van der Waals surface area contributed by atoms with E-state index in [9.17, 15) is 14.4 Å². The van der Waals surface area contributed by atoms with E-state index in [-0.39, 0.29) is 30.4 Å². The van der Waals surface area contributed by atoms with Gasteiger partial charge in [0.05, 0.1) is 12.2 Å². The van der Waals surface area contributed by atoms with E-state index in [2.05, 4.69) is 20.0 Å². The van der Waals surface area contributed by atoms with Crippen molar-refractivity contribution in [2.24, 2.45) is 0 Å². The number of thioether (sulfide) groups is 2. The van der Waals surface area contributed by atoms with Gasteiger partial charge in [-0.15, -0.1) is 11.8 Å². The number of carbonyl (C=O) groups excluding carboxylic acids is 2. The van der Waals surface area contributed by atoms with E-state index in [1.165, 1.54) is 23.5 Å². The van der Waals surface area contributed by atoms with Crippen LogP contribution in [-0.2, 0) is 14.4 Å². The lowest BCUT2D eigenvalue weighted by molar-refractivity contribution is -0.138. The molecule has 0 aliphatic carbocycles. The number of carboxylic acids is 1. The number of hydrogen-bond acceptors (Lipinski definition) is 8. The monoisotopic (exact) mass is 426 g/mol. The Balaban J connectivity index is 1.81. The van der Waals surface area contributed by atoms with E-state index in [4.69, 9.17) is 5.11 Å². The molecule has 0 spiro atoms. The highest BCUT2D eigenvalue weighted by Gasteiger charge is 2.10. The molecule has 11 heteroatoms. The first-order valence-corrected chi connectivity index (χ1v) is 10.7. The second-order valence-corrected chi connectivity index (χ2v) is 8.15. The van der Waals surface area contributed by atoms with Crippen LogP contribution in [0.5, 0.6) is 0 Å². The van der Waals surface area contributed by atoms with Gasteiger partial charge in [-0.3, -0.25) is 19.7 Å². The van der Waals surface area contributed by atoms with Gasteiger partial charge in [-0.05, 0) is 24.0 Å². The van der Waals surface area contributed by atoms with Crippen LogP contribution in [0.2, 0.25) is 0 Å². The zero-order valence-corrected chi connectivity index (χ0v) is 16.9. The van der Waals surface area contributed by atoms with E-state index >= 15 is 0 Å². The number of carbonyl (C=O) groups is 3. The molecule has 1 aromatic carbocycles. The maximum absolute atomic E-state index is 12.0. The minimum Gasteiger partial charge on any atom is -0.481 e. The van der Waals surface area contributed by atoms with Crippen molar-refractivity contribution in [1.29, 1.82) is 0 Å². The van der Waals surface area contributed by atoms with Gasteiger partial charge in [0.2, 0.25) is 22.1 Å². The first kappa shape index (κ1) is 21.2. The minimum atomic E-state index is -1.02. The Morgan fingerprint density at radius 1 is 1.15 bits per heavy atom. The second-order valence-electron chi connectivity index (χ2n) is 5.12. The Kier molecular flexibility index (Phi) is 8.55. The lowest BCUT2D eigenvalue weighted by atomic mass is 10.2. The first-order chi connectivity index (χ1) is 13.0.